The van der Waals surface area contributed by atoms with Gasteiger partial charge in [0, 0.05) is 38.8 Å². The molecule has 1 spiro atoms. The number of rotatable bonds is 4. The van der Waals surface area contributed by atoms with Gasteiger partial charge in [-0.3, -0.25) is 9.78 Å². The first-order valence-corrected chi connectivity index (χ1v) is 10.1. The highest BCUT2D eigenvalue weighted by molar-refractivity contribution is 5.94. The summed E-state index contributed by atoms with van der Waals surface area (Å²) in [7, 11) is 0. The zero-order valence-electron chi connectivity index (χ0n) is 16.3. The van der Waals surface area contributed by atoms with Crippen molar-refractivity contribution in [3.8, 4) is 0 Å². The van der Waals surface area contributed by atoms with Crippen molar-refractivity contribution < 1.29 is 18.3 Å². The second-order valence-electron chi connectivity index (χ2n) is 7.76. The number of nitrogens with zero attached hydrogens (tertiary/aromatic N) is 3. The number of benzene rings is 1. The number of halogens is 2. The fraction of sp³-hybridized carbons (Fsp3) is 0.455. The Morgan fingerprint density at radius 1 is 1.07 bits per heavy atom. The van der Waals surface area contributed by atoms with Crippen molar-refractivity contribution in [2.24, 2.45) is 0 Å². The van der Waals surface area contributed by atoms with Gasteiger partial charge in [-0.05, 0) is 37.1 Å². The molecular formula is C22H25F2N3O2. The van der Waals surface area contributed by atoms with Gasteiger partial charge in [0.05, 0.1) is 30.0 Å². The molecule has 1 aromatic heterocycles. The zero-order chi connectivity index (χ0) is 20.3. The van der Waals surface area contributed by atoms with Crippen LogP contribution in [-0.2, 0) is 11.2 Å². The molecule has 3 heterocycles. The molecule has 0 N–H and O–H groups in total. The maximum atomic E-state index is 14.0. The maximum Gasteiger partial charge on any atom is 0.257 e. The molecule has 1 aromatic carbocycles. The van der Waals surface area contributed by atoms with Crippen LogP contribution >= 0.6 is 0 Å². The van der Waals surface area contributed by atoms with E-state index in [9.17, 15) is 13.6 Å². The van der Waals surface area contributed by atoms with E-state index in [4.69, 9.17) is 4.74 Å². The number of likely N-dealkylation sites (tertiary alicyclic amines) is 1. The Morgan fingerprint density at radius 2 is 1.83 bits per heavy atom. The Labute approximate surface area is 169 Å². The largest absolute Gasteiger partial charge is 0.371 e. The number of amides is 1. The van der Waals surface area contributed by atoms with Gasteiger partial charge < -0.3 is 14.5 Å². The van der Waals surface area contributed by atoms with Crippen molar-refractivity contribution in [1.29, 1.82) is 0 Å². The van der Waals surface area contributed by atoms with E-state index in [-0.39, 0.29) is 22.9 Å². The first-order valence-electron chi connectivity index (χ1n) is 10.1. The Morgan fingerprint density at radius 3 is 2.59 bits per heavy atom. The van der Waals surface area contributed by atoms with Crippen molar-refractivity contribution in [2.45, 2.75) is 24.9 Å². The van der Waals surface area contributed by atoms with Gasteiger partial charge in [-0.2, -0.15) is 0 Å². The van der Waals surface area contributed by atoms with E-state index in [0.717, 1.165) is 32.5 Å². The van der Waals surface area contributed by atoms with Gasteiger partial charge in [0.1, 0.15) is 11.6 Å². The van der Waals surface area contributed by atoms with Gasteiger partial charge in [0.15, 0.2) is 0 Å². The van der Waals surface area contributed by atoms with Crippen LogP contribution in [-0.4, -0.2) is 65.6 Å². The minimum absolute atomic E-state index is 0.111. The lowest BCUT2D eigenvalue weighted by Gasteiger charge is -2.47. The summed E-state index contributed by atoms with van der Waals surface area (Å²) >= 11 is 0. The summed E-state index contributed by atoms with van der Waals surface area (Å²) in [4.78, 5) is 20.9. The lowest BCUT2D eigenvalue weighted by molar-refractivity contribution is -0.127. The molecule has 154 valence electrons. The minimum atomic E-state index is -0.491. The molecule has 2 aliphatic rings. The van der Waals surface area contributed by atoms with E-state index in [1.165, 1.54) is 18.2 Å². The van der Waals surface area contributed by atoms with Crippen LogP contribution in [0.25, 0.3) is 0 Å². The van der Waals surface area contributed by atoms with Crippen LogP contribution in [0, 0.1) is 11.6 Å². The summed E-state index contributed by atoms with van der Waals surface area (Å²) in [5, 5.41) is 0. The highest BCUT2D eigenvalue weighted by atomic mass is 19.1. The molecule has 0 bridgehead atoms. The van der Waals surface area contributed by atoms with E-state index in [2.05, 4.69) is 9.88 Å². The molecule has 2 fully saturated rings. The first kappa shape index (κ1) is 19.9. The number of carbonyl (C=O) groups excluding carboxylic acids is 1. The lowest BCUT2D eigenvalue weighted by Crippen LogP contribution is -2.58. The van der Waals surface area contributed by atoms with Crippen molar-refractivity contribution >= 4 is 5.91 Å². The summed E-state index contributed by atoms with van der Waals surface area (Å²) in [5.41, 5.74) is 0.217. The van der Waals surface area contributed by atoms with Crippen molar-refractivity contribution in [2.75, 3.05) is 39.3 Å². The normalized spacial score (nSPS) is 19.4. The lowest BCUT2D eigenvalue weighted by atomic mass is 9.89. The summed E-state index contributed by atoms with van der Waals surface area (Å²) in [5.74, 6) is -1.03. The molecule has 2 saturated heterocycles. The number of piperidine rings is 1. The molecular weight excluding hydrogens is 376 g/mol. The molecule has 0 atom stereocenters. The Kier molecular flexibility index (Phi) is 5.87. The van der Waals surface area contributed by atoms with Crippen LogP contribution in [0.4, 0.5) is 8.78 Å². The molecule has 2 aliphatic heterocycles. The Hall–Kier alpha value is -2.38. The van der Waals surface area contributed by atoms with Crippen LogP contribution < -0.4 is 0 Å². The third-order valence-corrected chi connectivity index (χ3v) is 5.91. The predicted octanol–water partition coefficient (Wildman–Crippen LogP) is 2.91. The van der Waals surface area contributed by atoms with Gasteiger partial charge in [-0.15, -0.1) is 0 Å². The predicted molar refractivity (Wildman–Crippen MR) is 105 cm³/mol. The number of hydrogen-bond donors (Lipinski definition) is 0. The minimum Gasteiger partial charge on any atom is -0.371 e. The van der Waals surface area contributed by atoms with E-state index < -0.39 is 5.82 Å². The second-order valence-corrected chi connectivity index (χ2v) is 7.76. The molecule has 0 saturated carbocycles. The zero-order valence-corrected chi connectivity index (χ0v) is 16.3. The van der Waals surface area contributed by atoms with Gasteiger partial charge in [-0.25, -0.2) is 8.78 Å². The highest BCUT2D eigenvalue weighted by Gasteiger charge is 2.41. The fourth-order valence-electron chi connectivity index (χ4n) is 4.18. The fourth-order valence-corrected chi connectivity index (χ4v) is 4.18. The van der Waals surface area contributed by atoms with Gasteiger partial charge in [0.25, 0.3) is 5.91 Å². The quantitative estimate of drug-likeness (QED) is 0.790. The third kappa shape index (κ3) is 4.46. The van der Waals surface area contributed by atoms with Crippen LogP contribution in [0.1, 0.15) is 28.9 Å². The molecule has 0 unspecified atom stereocenters. The monoisotopic (exact) mass is 401 g/mol. The average molecular weight is 401 g/mol. The number of ether oxygens (including phenoxy) is 1. The van der Waals surface area contributed by atoms with E-state index in [1.54, 1.807) is 29.3 Å². The van der Waals surface area contributed by atoms with Crippen LogP contribution in [0.15, 0.2) is 42.6 Å². The molecule has 1 amide bonds. The highest BCUT2D eigenvalue weighted by Crippen LogP contribution is 2.31. The maximum absolute atomic E-state index is 14.0. The number of carbonyl (C=O) groups is 1. The summed E-state index contributed by atoms with van der Waals surface area (Å²) in [6.45, 7) is 3.77. The summed E-state index contributed by atoms with van der Waals surface area (Å²) in [6, 6.07) is 9.13. The summed E-state index contributed by atoms with van der Waals surface area (Å²) < 4.78 is 33.9. The van der Waals surface area contributed by atoms with Gasteiger partial charge in [0.2, 0.25) is 0 Å². The number of aromatic nitrogens is 1. The average Bonchev–Trinajstić information content (AvgIpc) is 2.74. The van der Waals surface area contributed by atoms with Gasteiger partial charge in [-0.1, -0.05) is 12.1 Å². The Bertz CT molecular complexity index is 869. The topological polar surface area (TPSA) is 45.7 Å². The van der Waals surface area contributed by atoms with Crippen LogP contribution in [0.2, 0.25) is 0 Å². The Balaban J connectivity index is 1.33. The SMILES string of the molecule is O=C(c1ccccc1F)N1CCOC2(CCN(CCc3ncccc3F)CC2)C1. The molecule has 29 heavy (non-hydrogen) atoms. The smallest absolute Gasteiger partial charge is 0.257 e. The van der Waals surface area contributed by atoms with E-state index in [0.29, 0.717) is 31.8 Å². The van der Waals surface area contributed by atoms with Crippen LogP contribution in [0.3, 0.4) is 0 Å². The number of morpholine rings is 1. The van der Waals surface area contributed by atoms with E-state index >= 15 is 0 Å². The third-order valence-electron chi connectivity index (χ3n) is 5.91. The summed E-state index contributed by atoms with van der Waals surface area (Å²) in [6.07, 6.45) is 3.76. The molecule has 0 radical (unpaired) electrons. The molecule has 0 aliphatic carbocycles. The number of pyridine rings is 1. The molecule has 2 aromatic rings. The standard InChI is InChI=1S/C22H25F2N3O2/c23-18-5-2-1-4-17(18)21(28)27-14-15-29-22(16-27)8-12-26(13-9-22)11-7-20-19(24)6-3-10-25-20/h1-6,10H,7-9,11-16H2. The first-order chi connectivity index (χ1) is 14.1. The van der Waals surface area contributed by atoms with E-state index in [1.807, 2.05) is 0 Å². The van der Waals surface area contributed by atoms with Gasteiger partial charge >= 0.3 is 0 Å². The van der Waals surface area contributed by atoms with Crippen molar-refractivity contribution in [3.05, 3.63) is 65.5 Å². The molecule has 4 rings (SSSR count). The number of hydrogen-bond acceptors (Lipinski definition) is 4. The molecule has 7 heteroatoms. The molecule has 5 nitrogen and oxygen atoms in total. The van der Waals surface area contributed by atoms with Crippen molar-refractivity contribution in [1.82, 2.24) is 14.8 Å². The van der Waals surface area contributed by atoms with Crippen molar-refractivity contribution in [3.63, 3.8) is 0 Å². The van der Waals surface area contributed by atoms with Crippen LogP contribution in [0.5, 0.6) is 0 Å². The second kappa shape index (κ2) is 8.55.